The molecule has 7 heteroatoms. The molecule has 2 amide bonds. The van der Waals surface area contributed by atoms with E-state index < -0.39 is 17.5 Å². The number of hydrogen-bond donors (Lipinski definition) is 2. The zero-order valence-corrected chi connectivity index (χ0v) is 18.5. The monoisotopic (exact) mass is 448 g/mol. The molecule has 0 atom stereocenters. The predicted octanol–water partition coefficient (Wildman–Crippen LogP) is 3.77. The van der Waals surface area contributed by atoms with E-state index in [1.165, 1.54) is 11.1 Å². The number of benzene rings is 2. The molecule has 0 radical (unpaired) electrons. The quantitative estimate of drug-likeness (QED) is 0.609. The number of carbonyl (C=O) groups excluding carboxylic acids is 2. The van der Waals surface area contributed by atoms with Gasteiger partial charge < -0.3 is 20.1 Å². The molecule has 5 rings (SSSR count). The summed E-state index contributed by atoms with van der Waals surface area (Å²) in [5.74, 6) is -0.957. The normalized spacial score (nSPS) is 17.6. The van der Waals surface area contributed by atoms with Crippen LogP contribution in [0, 0.1) is 5.41 Å². The van der Waals surface area contributed by atoms with Gasteiger partial charge in [-0.3, -0.25) is 9.59 Å². The van der Waals surface area contributed by atoms with Crippen molar-refractivity contribution >= 4 is 18.0 Å². The van der Waals surface area contributed by atoms with Crippen LogP contribution in [0.3, 0.4) is 0 Å². The van der Waals surface area contributed by atoms with Gasteiger partial charge in [-0.1, -0.05) is 48.5 Å². The fourth-order valence-electron chi connectivity index (χ4n) is 4.86. The Balaban J connectivity index is 1.18. The molecule has 2 fully saturated rings. The van der Waals surface area contributed by atoms with Gasteiger partial charge in [-0.05, 0) is 47.9 Å². The van der Waals surface area contributed by atoms with Crippen molar-refractivity contribution in [2.24, 2.45) is 5.41 Å². The highest BCUT2D eigenvalue weighted by Gasteiger charge is 2.53. The highest BCUT2D eigenvalue weighted by Crippen LogP contribution is 2.48. The second-order valence-electron chi connectivity index (χ2n) is 9.33. The first kappa shape index (κ1) is 21.5. The van der Waals surface area contributed by atoms with E-state index in [1.807, 2.05) is 24.3 Å². The van der Waals surface area contributed by atoms with Crippen LogP contribution >= 0.6 is 0 Å². The maximum atomic E-state index is 13.1. The van der Waals surface area contributed by atoms with Crippen molar-refractivity contribution in [3.05, 3.63) is 59.7 Å². The molecular weight excluding hydrogens is 420 g/mol. The summed E-state index contributed by atoms with van der Waals surface area (Å²) in [6.07, 6.45) is 2.65. The lowest BCUT2D eigenvalue weighted by molar-refractivity contribution is -0.140. The van der Waals surface area contributed by atoms with Crippen LogP contribution in [0.2, 0.25) is 0 Å². The number of nitrogens with zero attached hydrogens (tertiary/aromatic N) is 1. The maximum absolute atomic E-state index is 13.1. The number of carbonyl (C=O) groups is 3. The molecule has 0 heterocycles. The third-order valence-electron chi connectivity index (χ3n) is 7.04. The van der Waals surface area contributed by atoms with Gasteiger partial charge in [-0.2, -0.15) is 0 Å². The summed E-state index contributed by atoms with van der Waals surface area (Å²) in [6, 6.07) is 16.5. The van der Waals surface area contributed by atoms with Crippen LogP contribution in [-0.4, -0.2) is 53.7 Å². The lowest BCUT2D eigenvalue weighted by atomic mass is 9.98. The van der Waals surface area contributed by atoms with Gasteiger partial charge in [0.2, 0.25) is 5.91 Å². The third-order valence-corrected chi connectivity index (χ3v) is 7.04. The Morgan fingerprint density at radius 1 is 1.00 bits per heavy atom. The summed E-state index contributed by atoms with van der Waals surface area (Å²) in [5, 5.41) is 11.8. The van der Waals surface area contributed by atoms with Gasteiger partial charge in [0.15, 0.2) is 0 Å². The number of rotatable bonds is 9. The topological polar surface area (TPSA) is 95.9 Å². The van der Waals surface area contributed by atoms with Crippen molar-refractivity contribution in [3.8, 4) is 11.1 Å². The molecule has 0 bridgehead atoms. The van der Waals surface area contributed by atoms with E-state index in [9.17, 15) is 14.4 Å². The summed E-state index contributed by atoms with van der Waals surface area (Å²) in [6.45, 7) is 0.679. The Bertz CT molecular complexity index is 1040. The highest BCUT2D eigenvalue weighted by molar-refractivity contribution is 5.87. The summed E-state index contributed by atoms with van der Waals surface area (Å²) in [7, 11) is 0. The lowest BCUT2D eigenvalue weighted by Gasteiger charge is -2.27. The second kappa shape index (κ2) is 8.54. The summed E-state index contributed by atoms with van der Waals surface area (Å²) >= 11 is 0. The molecule has 0 spiro atoms. The number of aliphatic carboxylic acids is 1. The van der Waals surface area contributed by atoms with E-state index >= 15 is 0 Å². The van der Waals surface area contributed by atoms with Gasteiger partial charge >= 0.3 is 12.1 Å². The zero-order valence-electron chi connectivity index (χ0n) is 18.5. The van der Waals surface area contributed by atoms with Gasteiger partial charge in [0, 0.05) is 25.0 Å². The highest BCUT2D eigenvalue weighted by atomic mass is 16.5. The van der Waals surface area contributed by atoms with E-state index in [2.05, 4.69) is 29.6 Å². The van der Waals surface area contributed by atoms with Gasteiger partial charge in [-0.25, -0.2) is 4.79 Å². The largest absolute Gasteiger partial charge is 0.481 e. The van der Waals surface area contributed by atoms with E-state index in [0.717, 1.165) is 24.0 Å². The number of ether oxygens (including phenoxy) is 1. The summed E-state index contributed by atoms with van der Waals surface area (Å²) in [4.78, 5) is 38.3. The average molecular weight is 449 g/mol. The number of fused-ring (bicyclic) bond motifs is 3. The molecule has 0 unspecified atom stereocenters. The Hall–Kier alpha value is -3.35. The summed E-state index contributed by atoms with van der Waals surface area (Å²) < 4.78 is 5.59. The minimum Gasteiger partial charge on any atom is -0.481 e. The SMILES string of the molecule is O=C(O)CCN(C(=O)C1(CNC(=O)OCC2c3ccccc3-c3ccccc32)CC1)C1CC1. The molecule has 172 valence electrons. The Morgan fingerprint density at radius 2 is 1.61 bits per heavy atom. The fourth-order valence-corrected chi connectivity index (χ4v) is 4.86. The molecule has 3 aliphatic carbocycles. The van der Waals surface area contributed by atoms with Crippen molar-refractivity contribution in [1.82, 2.24) is 10.2 Å². The van der Waals surface area contributed by atoms with Crippen LogP contribution < -0.4 is 5.32 Å². The van der Waals surface area contributed by atoms with E-state index in [4.69, 9.17) is 9.84 Å². The molecule has 0 aromatic heterocycles. The molecule has 0 aliphatic heterocycles. The first-order valence-electron chi connectivity index (χ1n) is 11.6. The van der Waals surface area contributed by atoms with Crippen LogP contribution in [0.4, 0.5) is 4.79 Å². The van der Waals surface area contributed by atoms with Gasteiger partial charge in [-0.15, -0.1) is 0 Å². The second-order valence-corrected chi connectivity index (χ2v) is 9.33. The van der Waals surface area contributed by atoms with E-state index in [0.29, 0.717) is 12.8 Å². The van der Waals surface area contributed by atoms with Crippen LogP contribution in [0.1, 0.15) is 49.1 Å². The van der Waals surface area contributed by atoms with Crippen LogP contribution in [0.5, 0.6) is 0 Å². The molecule has 2 aromatic rings. The molecule has 0 saturated heterocycles. The van der Waals surface area contributed by atoms with Crippen molar-refractivity contribution < 1.29 is 24.2 Å². The summed E-state index contributed by atoms with van der Waals surface area (Å²) in [5.41, 5.74) is 4.03. The van der Waals surface area contributed by atoms with Crippen molar-refractivity contribution in [2.45, 2.75) is 44.1 Å². The smallest absolute Gasteiger partial charge is 0.407 e. The lowest BCUT2D eigenvalue weighted by Crippen LogP contribution is -2.45. The minimum atomic E-state index is -0.907. The average Bonchev–Trinajstić information content (AvgIpc) is 3.74. The van der Waals surface area contributed by atoms with E-state index in [-0.39, 0.29) is 44.0 Å². The van der Waals surface area contributed by atoms with Crippen molar-refractivity contribution in [3.63, 3.8) is 0 Å². The number of alkyl carbamates (subject to hydrolysis) is 1. The molecule has 33 heavy (non-hydrogen) atoms. The third kappa shape index (κ3) is 4.32. The van der Waals surface area contributed by atoms with Gasteiger partial charge in [0.25, 0.3) is 0 Å². The van der Waals surface area contributed by atoms with Crippen LogP contribution in [0.25, 0.3) is 11.1 Å². The van der Waals surface area contributed by atoms with Crippen molar-refractivity contribution in [2.75, 3.05) is 19.7 Å². The molecular formula is C26H28N2O5. The predicted molar refractivity (Wildman–Crippen MR) is 122 cm³/mol. The zero-order chi connectivity index (χ0) is 23.0. The van der Waals surface area contributed by atoms with Crippen LogP contribution in [-0.2, 0) is 14.3 Å². The minimum absolute atomic E-state index is 0.0129. The van der Waals surface area contributed by atoms with Crippen LogP contribution in [0.15, 0.2) is 48.5 Å². The first-order valence-corrected chi connectivity index (χ1v) is 11.6. The van der Waals surface area contributed by atoms with E-state index in [1.54, 1.807) is 4.90 Å². The van der Waals surface area contributed by atoms with Gasteiger partial charge in [0.05, 0.1) is 11.8 Å². The first-order chi connectivity index (χ1) is 16.0. The molecule has 2 aromatic carbocycles. The van der Waals surface area contributed by atoms with Crippen molar-refractivity contribution in [1.29, 1.82) is 0 Å². The number of carboxylic acids is 1. The maximum Gasteiger partial charge on any atom is 0.407 e. The standard InChI is InChI=1S/C26H28N2O5/c29-23(30)11-14-28(17-9-10-17)24(31)26(12-13-26)16-27-25(32)33-15-22-20-7-3-1-5-18(20)19-6-2-4-8-21(19)22/h1-8,17,22H,9-16H2,(H,27,32)(H,29,30). The Kier molecular flexibility index (Phi) is 5.56. The Labute approximate surface area is 192 Å². The van der Waals surface area contributed by atoms with Gasteiger partial charge in [0.1, 0.15) is 6.61 Å². The Morgan fingerprint density at radius 3 is 2.15 bits per heavy atom. The molecule has 7 nitrogen and oxygen atoms in total. The fraction of sp³-hybridized carbons (Fsp3) is 0.423. The number of hydrogen-bond acceptors (Lipinski definition) is 4. The number of nitrogens with one attached hydrogen (secondary N) is 1. The number of carboxylic acid groups (broad SMARTS) is 1. The molecule has 3 aliphatic rings. The number of amides is 2. The molecule has 2 saturated carbocycles. The molecule has 2 N–H and O–H groups in total.